The Morgan fingerprint density at radius 3 is 2.61 bits per heavy atom. The molecule has 2 rings (SSSR count). The number of likely N-dealkylation sites (N-methyl/N-ethyl adjacent to an activating group) is 1. The second-order valence-corrected chi connectivity index (χ2v) is 8.28. The van der Waals surface area contributed by atoms with Crippen LogP contribution in [0.5, 0.6) is 0 Å². The molecule has 0 aliphatic rings. The molecule has 2 aromatic heterocycles. The molecule has 128 valence electrons. The van der Waals surface area contributed by atoms with E-state index in [0.29, 0.717) is 23.5 Å². The summed E-state index contributed by atoms with van der Waals surface area (Å²) in [6.45, 7) is 4.82. The Bertz CT molecular complexity index is 757. The summed E-state index contributed by atoms with van der Waals surface area (Å²) >= 11 is 0. The highest BCUT2D eigenvalue weighted by Gasteiger charge is 2.22. The van der Waals surface area contributed by atoms with Gasteiger partial charge in [-0.1, -0.05) is 13.8 Å². The number of nitrogens with one attached hydrogen (secondary N) is 1. The zero-order valence-electron chi connectivity index (χ0n) is 14.3. The third-order valence-corrected chi connectivity index (χ3v) is 5.01. The summed E-state index contributed by atoms with van der Waals surface area (Å²) in [7, 11) is 2.04. The van der Waals surface area contributed by atoms with Crippen molar-refractivity contribution in [1.82, 2.24) is 24.4 Å². The first-order valence-corrected chi connectivity index (χ1v) is 9.12. The Morgan fingerprint density at radius 1 is 1.30 bits per heavy atom. The summed E-state index contributed by atoms with van der Waals surface area (Å²) in [5.74, 6) is 0.404. The second-order valence-electron chi connectivity index (χ2n) is 6.56. The summed E-state index contributed by atoms with van der Waals surface area (Å²) in [5, 5.41) is 4.80. The lowest BCUT2D eigenvalue weighted by Gasteiger charge is -2.23. The SMILES string of the molecule is CC(C)C[C@@H](CN(C)C)NS(=O)(=O)c1cnc2c(cnn2C)c1. The number of sulfonamides is 1. The minimum atomic E-state index is -3.61. The van der Waals surface area contributed by atoms with E-state index < -0.39 is 10.0 Å². The minimum absolute atomic E-state index is 0.139. The van der Waals surface area contributed by atoms with Gasteiger partial charge in [-0.25, -0.2) is 18.1 Å². The van der Waals surface area contributed by atoms with E-state index in [9.17, 15) is 8.42 Å². The van der Waals surface area contributed by atoms with Gasteiger partial charge in [0.15, 0.2) is 5.65 Å². The molecule has 0 aliphatic heterocycles. The van der Waals surface area contributed by atoms with Crippen molar-refractivity contribution in [2.24, 2.45) is 13.0 Å². The van der Waals surface area contributed by atoms with Crippen molar-refractivity contribution in [2.45, 2.75) is 31.2 Å². The Kier molecular flexibility index (Phi) is 5.38. The van der Waals surface area contributed by atoms with E-state index in [0.717, 1.165) is 6.42 Å². The molecule has 0 radical (unpaired) electrons. The molecule has 0 saturated carbocycles. The smallest absolute Gasteiger partial charge is 0.242 e. The molecule has 1 N–H and O–H groups in total. The maximum absolute atomic E-state index is 12.7. The molecule has 0 aliphatic carbocycles. The highest BCUT2D eigenvalue weighted by molar-refractivity contribution is 7.89. The lowest BCUT2D eigenvalue weighted by atomic mass is 10.0. The third-order valence-electron chi connectivity index (χ3n) is 3.52. The number of fused-ring (bicyclic) bond motifs is 1. The fraction of sp³-hybridized carbons (Fsp3) is 0.600. The van der Waals surface area contributed by atoms with Gasteiger partial charge in [-0.3, -0.25) is 4.68 Å². The van der Waals surface area contributed by atoms with E-state index in [1.807, 2.05) is 19.0 Å². The van der Waals surface area contributed by atoms with E-state index in [4.69, 9.17) is 0 Å². The van der Waals surface area contributed by atoms with Crippen molar-refractivity contribution < 1.29 is 8.42 Å². The van der Waals surface area contributed by atoms with Crippen LogP contribution in [0.2, 0.25) is 0 Å². The van der Waals surface area contributed by atoms with Gasteiger partial charge in [-0.15, -0.1) is 0 Å². The van der Waals surface area contributed by atoms with Crippen LogP contribution >= 0.6 is 0 Å². The number of aromatic nitrogens is 3. The molecule has 8 heteroatoms. The van der Waals surface area contributed by atoms with Crippen molar-refractivity contribution in [1.29, 1.82) is 0 Å². The number of aryl methyl sites for hydroxylation is 1. The lowest BCUT2D eigenvalue weighted by molar-refractivity contribution is 0.329. The second kappa shape index (κ2) is 6.94. The van der Waals surface area contributed by atoms with E-state index in [1.54, 1.807) is 24.0 Å². The van der Waals surface area contributed by atoms with Crippen molar-refractivity contribution in [3.63, 3.8) is 0 Å². The number of rotatable bonds is 7. The van der Waals surface area contributed by atoms with Gasteiger partial charge in [0.2, 0.25) is 10.0 Å². The molecule has 0 amide bonds. The van der Waals surface area contributed by atoms with Gasteiger partial charge in [0, 0.05) is 31.2 Å². The van der Waals surface area contributed by atoms with Crippen molar-refractivity contribution in [3.05, 3.63) is 18.5 Å². The van der Waals surface area contributed by atoms with Gasteiger partial charge in [-0.05, 0) is 32.5 Å². The quantitative estimate of drug-likeness (QED) is 0.820. The van der Waals surface area contributed by atoms with Crippen LogP contribution in [0.15, 0.2) is 23.4 Å². The molecule has 0 aromatic carbocycles. The first-order valence-electron chi connectivity index (χ1n) is 7.64. The molecular formula is C15H25N5O2S. The van der Waals surface area contributed by atoms with E-state index in [2.05, 4.69) is 28.7 Å². The Hall–Kier alpha value is -1.51. The summed E-state index contributed by atoms with van der Waals surface area (Å²) in [5.41, 5.74) is 0.663. The van der Waals surface area contributed by atoms with Gasteiger partial charge in [0.1, 0.15) is 4.90 Å². The zero-order valence-corrected chi connectivity index (χ0v) is 15.1. The Labute approximate surface area is 137 Å². The fourth-order valence-corrected chi connectivity index (χ4v) is 3.85. The van der Waals surface area contributed by atoms with Crippen LogP contribution in [0.25, 0.3) is 11.0 Å². The van der Waals surface area contributed by atoms with Crippen LogP contribution in [0, 0.1) is 5.92 Å². The Morgan fingerprint density at radius 2 is 2.00 bits per heavy atom. The van der Waals surface area contributed by atoms with Gasteiger partial charge < -0.3 is 4.90 Å². The van der Waals surface area contributed by atoms with Gasteiger partial charge in [-0.2, -0.15) is 5.10 Å². The predicted octanol–water partition coefficient (Wildman–Crippen LogP) is 1.22. The summed E-state index contributed by atoms with van der Waals surface area (Å²) in [6.07, 6.45) is 3.78. The van der Waals surface area contributed by atoms with Crippen molar-refractivity contribution >= 4 is 21.1 Å². The molecule has 0 saturated heterocycles. The standard InChI is InChI=1S/C15H25N5O2S/c1-11(2)6-13(10-19(3)4)18-23(21,22)14-7-12-8-17-20(5)15(12)16-9-14/h7-9,11,13,18H,6,10H2,1-5H3/t13-/m0/s1. The number of hydrogen-bond acceptors (Lipinski definition) is 5. The highest BCUT2D eigenvalue weighted by Crippen LogP contribution is 2.17. The average molecular weight is 339 g/mol. The topological polar surface area (TPSA) is 80.1 Å². The van der Waals surface area contributed by atoms with Crippen LogP contribution in [0.3, 0.4) is 0 Å². The largest absolute Gasteiger partial charge is 0.308 e. The number of nitrogens with zero attached hydrogens (tertiary/aromatic N) is 4. The molecular weight excluding hydrogens is 314 g/mol. The summed E-state index contributed by atoms with van der Waals surface area (Å²) in [6, 6.07) is 1.47. The molecule has 0 spiro atoms. The molecule has 2 heterocycles. The van der Waals surface area contributed by atoms with Crippen LogP contribution in [0.4, 0.5) is 0 Å². The van der Waals surface area contributed by atoms with E-state index >= 15 is 0 Å². The minimum Gasteiger partial charge on any atom is -0.308 e. The summed E-state index contributed by atoms with van der Waals surface area (Å²) < 4.78 is 29.7. The normalized spacial score (nSPS) is 14.0. The number of hydrogen-bond donors (Lipinski definition) is 1. The first-order chi connectivity index (χ1) is 10.7. The van der Waals surface area contributed by atoms with Crippen LogP contribution in [-0.2, 0) is 17.1 Å². The lowest BCUT2D eigenvalue weighted by Crippen LogP contribution is -2.42. The Balaban J connectivity index is 2.26. The van der Waals surface area contributed by atoms with Gasteiger partial charge >= 0.3 is 0 Å². The van der Waals surface area contributed by atoms with Crippen LogP contribution in [-0.4, -0.2) is 54.8 Å². The fourth-order valence-electron chi connectivity index (χ4n) is 2.63. The highest BCUT2D eigenvalue weighted by atomic mass is 32.2. The molecule has 0 unspecified atom stereocenters. The maximum Gasteiger partial charge on any atom is 0.242 e. The predicted molar refractivity (Wildman–Crippen MR) is 90.6 cm³/mol. The monoisotopic (exact) mass is 339 g/mol. The molecule has 0 fully saturated rings. The zero-order chi connectivity index (χ0) is 17.2. The van der Waals surface area contributed by atoms with Gasteiger partial charge in [0.05, 0.1) is 6.20 Å². The molecule has 0 bridgehead atoms. The molecule has 7 nitrogen and oxygen atoms in total. The third kappa shape index (κ3) is 4.49. The van der Waals surface area contributed by atoms with Crippen molar-refractivity contribution in [3.8, 4) is 0 Å². The van der Waals surface area contributed by atoms with Crippen molar-refractivity contribution in [2.75, 3.05) is 20.6 Å². The first kappa shape index (κ1) is 17.8. The molecule has 1 atom stereocenters. The molecule has 23 heavy (non-hydrogen) atoms. The average Bonchev–Trinajstić information content (AvgIpc) is 2.78. The van der Waals surface area contributed by atoms with Crippen LogP contribution < -0.4 is 4.72 Å². The molecule has 2 aromatic rings. The summed E-state index contributed by atoms with van der Waals surface area (Å²) in [4.78, 5) is 6.36. The van der Waals surface area contributed by atoms with Gasteiger partial charge in [0.25, 0.3) is 0 Å². The van der Waals surface area contributed by atoms with Crippen LogP contribution in [0.1, 0.15) is 20.3 Å². The maximum atomic E-state index is 12.7. The van der Waals surface area contributed by atoms with E-state index in [1.165, 1.54) is 6.20 Å². The van der Waals surface area contributed by atoms with E-state index in [-0.39, 0.29) is 10.9 Å². The number of pyridine rings is 1.